The summed E-state index contributed by atoms with van der Waals surface area (Å²) in [5, 5.41) is 9.93. The molecule has 0 aliphatic carbocycles. The largest absolute Gasteiger partial charge is 0.388 e. The van der Waals surface area contributed by atoms with Crippen molar-refractivity contribution in [2.24, 2.45) is 0 Å². The van der Waals surface area contributed by atoms with Crippen LogP contribution >= 0.6 is 0 Å². The fraction of sp³-hybridized carbons (Fsp3) is 0.429. The molecule has 1 aromatic rings. The van der Waals surface area contributed by atoms with E-state index >= 15 is 0 Å². The summed E-state index contributed by atoms with van der Waals surface area (Å²) >= 11 is 0. The number of hydrogen-bond donors (Lipinski definition) is 1. The Morgan fingerprint density at radius 1 is 1.33 bits per heavy atom. The van der Waals surface area contributed by atoms with Gasteiger partial charge >= 0.3 is 0 Å². The highest BCUT2D eigenvalue weighted by molar-refractivity contribution is 5.31. The second kappa shape index (κ2) is 5.72. The topological polar surface area (TPSA) is 20.2 Å². The molecular weight excluding hydrogens is 184 g/mol. The van der Waals surface area contributed by atoms with Crippen molar-refractivity contribution >= 4 is 0 Å². The molecule has 0 spiro atoms. The molecular formula is C14H20O. The van der Waals surface area contributed by atoms with Crippen LogP contribution < -0.4 is 0 Å². The third kappa shape index (κ3) is 3.52. The molecule has 1 aromatic carbocycles. The lowest BCUT2D eigenvalue weighted by Gasteiger charge is -2.12. The van der Waals surface area contributed by atoms with Gasteiger partial charge in [-0.2, -0.15) is 0 Å². The maximum atomic E-state index is 9.93. The van der Waals surface area contributed by atoms with Gasteiger partial charge in [0.25, 0.3) is 0 Å². The van der Waals surface area contributed by atoms with Gasteiger partial charge in [0.2, 0.25) is 0 Å². The van der Waals surface area contributed by atoms with Gasteiger partial charge in [-0.05, 0) is 49.8 Å². The Morgan fingerprint density at radius 3 is 2.67 bits per heavy atom. The van der Waals surface area contributed by atoms with Crippen molar-refractivity contribution in [2.45, 2.75) is 39.2 Å². The standard InChI is InChI=1S/C14H20O/c1-4-5-6-7-14(15)13-9-8-11(2)12(3)10-13/h4,8-10,14-15H,1,5-7H2,2-3H3. The maximum Gasteiger partial charge on any atom is 0.0790 e. The summed E-state index contributed by atoms with van der Waals surface area (Å²) in [7, 11) is 0. The average molecular weight is 204 g/mol. The Bertz CT molecular complexity index is 328. The average Bonchev–Trinajstić information content (AvgIpc) is 2.22. The molecule has 0 bridgehead atoms. The van der Waals surface area contributed by atoms with Crippen LogP contribution in [0.2, 0.25) is 0 Å². The molecule has 1 unspecified atom stereocenters. The molecule has 0 saturated carbocycles. The molecule has 1 atom stereocenters. The number of aliphatic hydroxyl groups excluding tert-OH is 1. The molecule has 0 saturated heterocycles. The van der Waals surface area contributed by atoms with Crippen LogP contribution in [0.1, 0.15) is 42.1 Å². The summed E-state index contributed by atoms with van der Waals surface area (Å²) in [6.07, 6.45) is 4.35. The second-order valence-electron chi connectivity index (χ2n) is 4.08. The fourth-order valence-corrected chi connectivity index (χ4v) is 1.59. The van der Waals surface area contributed by atoms with Gasteiger partial charge in [-0.3, -0.25) is 0 Å². The minimum Gasteiger partial charge on any atom is -0.388 e. The Labute approximate surface area is 92.5 Å². The van der Waals surface area contributed by atoms with E-state index in [2.05, 4.69) is 32.6 Å². The zero-order chi connectivity index (χ0) is 11.3. The van der Waals surface area contributed by atoms with Crippen LogP contribution in [-0.4, -0.2) is 5.11 Å². The molecule has 1 rings (SSSR count). The number of rotatable bonds is 5. The first kappa shape index (κ1) is 12.0. The molecule has 82 valence electrons. The summed E-state index contributed by atoms with van der Waals surface area (Å²) < 4.78 is 0. The highest BCUT2D eigenvalue weighted by atomic mass is 16.3. The molecule has 1 heteroatoms. The SMILES string of the molecule is C=CCCCC(O)c1ccc(C)c(C)c1. The lowest BCUT2D eigenvalue weighted by atomic mass is 9.99. The fourth-order valence-electron chi connectivity index (χ4n) is 1.59. The van der Waals surface area contributed by atoms with Gasteiger partial charge in [0, 0.05) is 0 Å². The van der Waals surface area contributed by atoms with Gasteiger partial charge in [-0.15, -0.1) is 6.58 Å². The normalized spacial score (nSPS) is 12.5. The highest BCUT2D eigenvalue weighted by Gasteiger charge is 2.07. The van der Waals surface area contributed by atoms with E-state index in [4.69, 9.17) is 0 Å². The molecule has 1 N–H and O–H groups in total. The summed E-state index contributed by atoms with van der Waals surface area (Å²) in [5.41, 5.74) is 3.55. The molecule has 0 aliphatic heterocycles. The predicted octanol–water partition coefficient (Wildman–Crippen LogP) is 3.69. The monoisotopic (exact) mass is 204 g/mol. The minimum atomic E-state index is -0.329. The summed E-state index contributed by atoms with van der Waals surface area (Å²) in [4.78, 5) is 0. The van der Waals surface area contributed by atoms with E-state index < -0.39 is 0 Å². The highest BCUT2D eigenvalue weighted by Crippen LogP contribution is 2.21. The number of allylic oxidation sites excluding steroid dienone is 1. The minimum absolute atomic E-state index is 0.329. The van der Waals surface area contributed by atoms with Gasteiger partial charge < -0.3 is 5.11 Å². The van der Waals surface area contributed by atoms with Crippen molar-refractivity contribution in [3.05, 3.63) is 47.5 Å². The lowest BCUT2D eigenvalue weighted by molar-refractivity contribution is 0.165. The van der Waals surface area contributed by atoms with Gasteiger partial charge in [0.05, 0.1) is 6.10 Å². The third-order valence-corrected chi connectivity index (χ3v) is 2.80. The van der Waals surface area contributed by atoms with Crippen molar-refractivity contribution in [1.29, 1.82) is 0 Å². The van der Waals surface area contributed by atoms with Crippen molar-refractivity contribution in [2.75, 3.05) is 0 Å². The van der Waals surface area contributed by atoms with Crippen LogP contribution in [-0.2, 0) is 0 Å². The van der Waals surface area contributed by atoms with E-state index in [1.54, 1.807) is 0 Å². The lowest BCUT2D eigenvalue weighted by Crippen LogP contribution is -1.98. The van der Waals surface area contributed by atoms with E-state index in [0.29, 0.717) is 0 Å². The maximum absolute atomic E-state index is 9.93. The summed E-state index contributed by atoms with van der Waals surface area (Å²) in [5.74, 6) is 0. The smallest absolute Gasteiger partial charge is 0.0790 e. The third-order valence-electron chi connectivity index (χ3n) is 2.80. The van der Waals surface area contributed by atoms with Gasteiger partial charge in [-0.25, -0.2) is 0 Å². The molecule has 0 heterocycles. The first-order valence-corrected chi connectivity index (χ1v) is 5.51. The zero-order valence-electron chi connectivity index (χ0n) is 9.66. The van der Waals surface area contributed by atoms with E-state index in [9.17, 15) is 5.11 Å². The number of unbranched alkanes of at least 4 members (excludes halogenated alkanes) is 1. The molecule has 0 radical (unpaired) electrons. The van der Waals surface area contributed by atoms with Gasteiger partial charge in [0.15, 0.2) is 0 Å². The molecule has 1 nitrogen and oxygen atoms in total. The van der Waals surface area contributed by atoms with Crippen LogP contribution in [0.15, 0.2) is 30.9 Å². The summed E-state index contributed by atoms with van der Waals surface area (Å²) in [6, 6.07) is 6.16. The molecule has 0 aliphatic rings. The first-order valence-electron chi connectivity index (χ1n) is 5.51. The van der Waals surface area contributed by atoms with E-state index in [1.807, 2.05) is 12.1 Å². The first-order chi connectivity index (χ1) is 7.15. The molecule has 0 amide bonds. The Balaban J connectivity index is 2.61. The van der Waals surface area contributed by atoms with E-state index in [1.165, 1.54) is 11.1 Å². The van der Waals surface area contributed by atoms with Crippen LogP contribution in [0.3, 0.4) is 0 Å². The van der Waals surface area contributed by atoms with Crippen molar-refractivity contribution in [3.63, 3.8) is 0 Å². The number of hydrogen-bond acceptors (Lipinski definition) is 1. The second-order valence-corrected chi connectivity index (χ2v) is 4.08. The Kier molecular flexibility index (Phi) is 4.57. The molecule has 0 aromatic heterocycles. The van der Waals surface area contributed by atoms with Crippen molar-refractivity contribution in [1.82, 2.24) is 0 Å². The Hall–Kier alpha value is -1.08. The van der Waals surface area contributed by atoms with Crippen LogP contribution in [0.25, 0.3) is 0 Å². The van der Waals surface area contributed by atoms with Crippen LogP contribution in [0, 0.1) is 13.8 Å². The van der Waals surface area contributed by atoms with Crippen molar-refractivity contribution < 1.29 is 5.11 Å². The number of aryl methyl sites for hydroxylation is 2. The van der Waals surface area contributed by atoms with Crippen LogP contribution in [0.5, 0.6) is 0 Å². The van der Waals surface area contributed by atoms with E-state index in [-0.39, 0.29) is 6.10 Å². The molecule has 15 heavy (non-hydrogen) atoms. The van der Waals surface area contributed by atoms with Crippen molar-refractivity contribution in [3.8, 4) is 0 Å². The number of benzene rings is 1. The van der Waals surface area contributed by atoms with Crippen LogP contribution in [0.4, 0.5) is 0 Å². The van der Waals surface area contributed by atoms with E-state index in [0.717, 1.165) is 24.8 Å². The molecule has 0 fully saturated rings. The van der Waals surface area contributed by atoms with Gasteiger partial charge in [0.1, 0.15) is 0 Å². The Morgan fingerprint density at radius 2 is 2.07 bits per heavy atom. The predicted molar refractivity (Wildman–Crippen MR) is 64.9 cm³/mol. The number of aliphatic hydroxyl groups is 1. The quantitative estimate of drug-likeness (QED) is 0.573. The summed E-state index contributed by atoms with van der Waals surface area (Å²) in [6.45, 7) is 7.84. The zero-order valence-corrected chi connectivity index (χ0v) is 9.66. The van der Waals surface area contributed by atoms with Gasteiger partial charge in [-0.1, -0.05) is 24.3 Å².